The average molecular weight is 515 g/mol. The van der Waals surface area contributed by atoms with Crippen molar-refractivity contribution in [2.24, 2.45) is 0 Å². The van der Waals surface area contributed by atoms with Crippen LogP contribution in [0.5, 0.6) is 0 Å². The molecule has 5 rings (SSSR count). The van der Waals surface area contributed by atoms with Gasteiger partial charge in [0, 0.05) is 30.6 Å². The van der Waals surface area contributed by atoms with Crippen LogP contribution in [0.25, 0.3) is 17.1 Å². The first-order chi connectivity index (χ1) is 17.2. The summed E-state index contributed by atoms with van der Waals surface area (Å²) in [6.07, 6.45) is 6.34. The number of aromatic nitrogens is 7. The molecule has 2 atom stereocenters. The molecular formula is C23H24F2N8O2S. The predicted molar refractivity (Wildman–Crippen MR) is 128 cm³/mol. The Morgan fingerprint density at radius 3 is 2.44 bits per heavy atom. The fourth-order valence-electron chi connectivity index (χ4n) is 4.23. The summed E-state index contributed by atoms with van der Waals surface area (Å²) in [6, 6.07) is 3.40. The Kier molecular flexibility index (Phi) is 6.02. The molecule has 0 unspecified atom stereocenters. The van der Waals surface area contributed by atoms with E-state index in [4.69, 9.17) is 0 Å². The Morgan fingerprint density at radius 1 is 1.06 bits per heavy atom. The molecule has 1 aliphatic rings. The summed E-state index contributed by atoms with van der Waals surface area (Å²) in [5, 5.41) is 11.4. The number of benzene rings is 1. The molecule has 4 aromatic rings. The first-order valence-electron chi connectivity index (χ1n) is 11.4. The molecule has 0 amide bonds. The minimum Gasteiger partial charge on any atom is -0.269 e. The largest absolute Gasteiger partial charge is 0.269 e. The predicted octanol–water partition coefficient (Wildman–Crippen LogP) is 3.39. The van der Waals surface area contributed by atoms with Crippen LogP contribution in [-0.4, -0.2) is 48.2 Å². The molecule has 1 aliphatic heterocycles. The summed E-state index contributed by atoms with van der Waals surface area (Å²) >= 11 is 0. The number of sulfonamides is 1. The van der Waals surface area contributed by atoms with Crippen molar-refractivity contribution < 1.29 is 17.2 Å². The van der Waals surface area contributed by atoms with Gasteiger partial charge >= 0.3 is 0 Å². The number of aryl methyl sites for hydroxylation is 2. The van der Waals surface area contributed by atoms with Gasteiger partial charge in [0.05, 0.1) is 17.0 Å². The lowest BCUT2D eigenvalue weighted by Crippen LogP contribution is -2.31. The van der Waals surface area contributed by atoms with Crippen LogP contribution in [0, 0.1) is 18.6 Å². The minimum atomic E-state index is -4.11. The number of nitrogens with zero attached hydrogens (tertiary/aromatic N) is 7. The first-order valence-corrected chi connectivity index (χ1v) is 13.0. The van der Waals surface area contributed by atoms with Crippen LogP contribution in [-0.2, 0) is 23.0 Å². The molecule has 188 valence electrons. The Balaban J connectivity index is 1.58. The SMILES string of the molecule is Cc1cnc([C@@H](C)[C@H](C)S(=O)(=O)Nc2nnc(-c3cnn4c3CCC4)n2-c2c(F)cccc2F)nc1. The fourth-order valence-corrected chi connectivity index (χ4v) is 5.46. The van der Waals surface area contributed by atoms with Gasteiger partial charge in [0.1, 0.15) is 23.1 Å². The molecule has 1 N–H and O–H groups in total. The van der Waals surface area contributed by atoms with Gasteiger partial charge in [0.2, 0.25) is 16.0 Å². The van der Waals surface area contributed by atoms with Crippen molar-refractivity contribution in [1.82, 2.24) is 34.5 Å². The van der Waals surface area contributed by atoms with E-state index in [1.807, 2.05) is 6.92 Å². The summed E-state index contributed by atoms with van der Waals surface area (Å²) in [5.74, 6) is -2.26. The number of halogens is 2. The quantitative estimate of drug-likeness (QED) is 0.401. The van der Waals surface area contributed by atoms with Gasteiger partial charge in [0.15, 0.2) is 5.82 Å². The molecule has 0 aliphatic carbocycles. The molecule has 1 aromatic carbocycles. The maximum Gasteiger partial charge on any atom is 0.243 e. The van der Waals surface area contributed by atoms with Crippen LogP contribution in [0.4, 0.5) is 14.7 Å². The molecule has 0 saturated carbocycles. The first kappa shape index (κ1) is 24.0. The van der Waals surface area contributed by atoms with Crippen LogP contribution >= 0.6 is 0 Å². The van der Waals surface area contributed by atoms with Crippen LogP contribution in [0.3, 0.4) is 0 Å². The topological polar surface area (TPSA) is 120 Å². The van der Waals surface area contributed by atoms with Crippen molar-refractivity contribution in [1.29, 1.82) is 0 Å². The Hall–Kier alpha value is -3.74. The normalized spacial score (nSPS) is 15.0. The Bertz CT molecular complexity index is 1510. The highest BCUT2D eigenvalue weighted by Crippen LogP contribution is 2.33. The fraction of sp³-hybridized carbons (Fsp3) is 0.348. The molecule has 3 aromatic heterocycles. The molecule has 0 saturated heterocycles. The second-order valence-corrected chi connectivity index (χ2v) is 10.9. The van der Waals surface area contributed by atoms with E-state index in [-0.39, 0.29) is 11.8 Å². The van der Waals surface area contributed by atoms with E-state index < -0.39 is 38.5 Å². The highest BCUT2D eigenvalue weighted by molar-refractivity contribution is 7.93. The number of hydrogen-bond donors (Lipinski definition) is 1. The molecular weight excluding hydrogens is 490 g/mol. The summed E-state index contributed by atoms with van der Waals surface area (Å²) in [5.41, 5.74) is 1.73. The van der Waals surface area contributed by atoms with E-state index in [0.29, 0.717) is 24.4 Å². The standard InChI is InChI=1S/C23H24F2N8O2S/c1-13-10-26-21(27-11-13)14(2)15(3)36(34,35)31-23-30-29-22(16-12-28-32-9-5-8-19(16)32)33(23)20-17(24)6-4-7-18(20)25/h4,6-7,10-12,14-15H,5,8-9H2,1-3H3,(H,30,31)/t14-,15-/m0/s1. The molecule has 4 heterocycles. The zero-order valence-corrected chi connectivity index (χ0v) is 20.7. The minimum absolute atomic E-state index is 0.0856. The van der Waals surface area contributed by atoms with Gasteiger partial charge in [-0.1, -0.05) is 13.0 Å². The van der Waals surface area contributed by atoms with E-state index >= 15 is 0 Å². The average Bonchev–Trinajstić information content (AvgIpc) is 3.55. The van der Waals surface area contributed by atoms with E-state index in [9.17, 15) is 17.2 Å². The van der Waals surface area contributed by atoms with E-state index in [1.54, 1.807) is 30.2 Å². The maximum atomic E-state index is 14.9. The molecule has 0 bridgehead atoms. The lowest BCUT2D eigenvalue weighted by molar-refractivity contribution is 0.564. The zero-order chi connectivity index (χ0) is 25.6. The van der Waals surface area contributed by atoms with Gasteiger partial charge in [-0.15, -0.1) is 10.2 Å². The summed E-state index contributed by atoms with van der Waals surface area (Å²) < 4.78 is 61.8. The molecule has 0 fully saturated rings. The molecule has 0 spiro atoms. The Morgan fingerprint density at radius 2 is 1.75 bits per heavy atom. The number of nitrogens with one attached hydrogen (secondary N) is 1. The number of anilines is 1. The molecule has 13 heteroatoms. The van der Waals surface area contributed by atoms with Crippen molar-refractivity contribution in [3.05, 3.63) is 65.5 Å². The number of fused-ring (bicyclic) bond motifs is 1. The van der Waals surface area contributed by atoms with Crippen LogP contribution < -0.4 is 4.72 Å². The van der Waals surface area contributed by atoms with Gasteiger partial charge in [-0.2, -0.15) is 5.10 Å². The van der Waals surface area contributed by atoms with Crippen molar-refractivity contribution in [3.8, 4) is 17.1 Å². The van der Waals surface area contributed by atoms with Crippen LogP contribution in [0.1, 0.15) is 43.3 Å². The highest BCUT2D eigenvalue weighted by Gasteiger charge is 2.33. The lowest BCUT2D eigenvalue weighted by Gasteiger charge is -2.20. The third-order valence-corrected chi connectivity index (χ3v) is 8.29. The van der Waals surface area contributed by atoms with Crippen LogP contribution in [0.2, 0.25) is 0 Å². The summed E-state index contributed by atoms with van der Waals surface area (Å²) in [7, 11) is -4.11. The summed E-state index contributed by atoms with van der Waals surface area (Å²) in [6.45, 7) is 5.75. The van der Waals surface area contributed by atoms with Gasteiger partial charge in [0.25, 0.3) is 0 Å². The molecule has 10 nitrogen and oxygen atoms in total. The van der Waals surface area contributed by atoms with Crippen molar-refractivity contribution in [3.63, 3.8) is 0 Å². The second kappa shape index (κ2) is 9.04. The van der Waals surface area contributed by atoms with Crippen molar-refractivity contribution in [2.75, 3.05) is 4.72 Å². The van der Waals surface area contributed by atoms with Crippen LogP contribution in [0.15, 0.2) is 36.8 Å². The highest BCUT2D eigenvalue weighted by atomic mass is 32.2. The van der Waals surface area contributed by atoms with Gasteiger partial charge in [-0.05, 0) is 44.4 Å². The Labute approximate surface area is 206 Å². The number of para-hydroxylation sites is 1. The van der Waals surface area contributed by atoms with Crippen molar-refractivity contribution >= 4 is 16.0 Å². The third kappa shape index (κ3) is 4.12. The third-order valence-electron chi connectivity index (χ3n) is 6.43. The van der Waals surface area contributed by atoms with E-state index in [1.165, 1.54) is 13.0 Å². The zero-order valence-electron chi connectivity index (χ0n) is 19.9. The summed E-state index contributed by atoms with van der Waals surface area (Å²) in [4.78, 5) is 8.47. The maximum absolute atomic E-state index is 14.9. The molecule has 0 radical (unpaired) electrons. The molecule has 36 heavy (non-hydrogen) atoms. The van der Waals surface area contributed by atoms with E-state index in [2.05, 4.69) is 30.0 Å². The van der Waals surface area contributed by atoms with Gasteiger partial charge in [-0.3, -0.25) is 14.0 Å². The second-order valence-electron chi connectivity index (χ2n) is 8.84. The lowest BCUT2D eigenvalue weighted by atomic mass is 10.1. The number of rotatable bonds is 7. The smallest absolute Gasteiger partial charge is 0.243 e. The van der Waals surface area contributed by atoms with Crippen molar-refractivity contribution in [2.45, 2.75) is 51.3 Å². The van der Waals surface area contributed by atoms with Gasteiger partial charge in [-0.25, -0.2) is 27.2 Å². The number of hydrogen-bond acceptors (Lipinski definition) is 7. The van der Waals surface area contributed by atoms with E-state index in [0.717, 1.165) is 34.4 Å². The monoisotopic (exact) mass is 514 g/mol. The van der Waals surface area contributed by atoms with Gasteiger partial charge < -0.3 is 0 Å².